The number of nitrogens with two attached hydrogens (primary N) is 1. The van der Waals surface area contributed by atoms with Crippen molar-refractivity contribution in [3.63, 3.8) is 0 Å². The average Bonchev–Trinajstić information content (AvgIpc) is 2.60. The molecule has 1 aromatic rings. The molecule has 0 radical (unpaired) electrons. The Bertz CT molecular complexity index is 353. The lowest BCUT2D eigenvalue weighted by Gasteiger charge is -2.33. The molecule has 0 aliphatic carbocycles. The number of benzene rings is 1. The Balaban J connectivity index is 2.18. The molecular formula is C15H24N2O. The van der Waals surface area contributed by atoms with E-state index in [2.05, 4.69) is 43.0 Å². The predicted molar refractivity (Wildman–Crippen MR) is 74.6 cm³/mol. The Morgan fingerprint density at radius 1 is 1.17 bits per heavy atom. The van der Waals surface area contributed by atoms with Crippen LogP contribution in [0.15, 0.2) is 24.3 Å². The summed E-state index contributed by atoms with van der Waals surface area (Å²) in [5.74, 6) is 0. The first kappa shape index (κ1) is 13.5. The van der Waals surface area contributed by atoms with E-state index in [1.54, 1.807) is 0 Å². The van der Waals surface area contributed by atoms with Crippen LogP contribution in [0.4, 0.5) is 0 Å². The van der Waals surface area contributed by atoms with Gasteiger partial charge in [-0.25, -0.2) is 0 Å². The van der Waals surface area contributed by atoms with E-state index >= 15 is 0 Å². The molecule has 3 nitrogen and oxygen atoms in total. The third-order valence-electron chi connectivity index (χ3n) is 3.57. The van der Waals surface area contributed by atoms with Crippen molar-refractivity contribution in [2.45, 2.75) is 32.4 Å². The molecular weight excluding hydrogens is 224 g/mol. The van der Waals surface area contributed by atoms with Crippen molar-refractivity contribution >= 4 is 0 Å². The summed E-state index contributed by atoms with van der Waals surface area (Å²) in [5, 5.41) is 0. The SMILES string of the molecule is Cc1ccc(C(C(C)N)N2CCCOCC2)cc1. The lowest BCUT2D eigenvalue weighted by Crippen LogP contribution is -2.40. The first-order chi connectivity index (χ1) is 8.68. The normalized spacial score (nSPS) is 21.3. The van der Waals surface area contributed by atoms with Gasteiger partial charge in [-0.15, -0.1) is 0 Å². The fraction of sp³-hybridized carbons (Fsp3) is 0.600. The smallest absolute Gasteiger partial charge is 0.0593 e. The van der Waals surface area contributed by atoms with Crippen LogP contribution < -0.4 is 5.73 Å². The van der Waals surface area contributed by atoms with Gasteiger partial charge in [-0.1, -0.05) is 29.8 Å². The monoisotopic (exact) mass is 248 g/mol. The quantitative estimate of drug-likeness (QED) is 0.890. The van der Waals surface area contributed by atoms with Crippen LogP contribution in [0.3, 0.4) is 0 Å². The molecule has 2 atom stereocenters. The molecule has 1 aromatic carbocycles. The van der Waals surface area contributed by atoms with Gasteiger partial charge in [0.2, 0.25) is 0 Å². The summed E-state index contributed by atoms with van der Waals surface area (Å²) in [5.41, 5.74) is 8.82. The largest absolute Gasteiger partial charge is 0.380 e. The van der Waals surface area contributed by atoms with Crippen molar-refractivity contribution in [1.29, 1.82) is 0 Å². The van der Waals surface area contributed by atoms with Crippen molar-refractivity contribution in [2.75, 3.05) is 26.3 Å². The number of nitrogens with zero attached hydrogens (tertiary/aromatic N) is 1. The number of hydrogen-bond donors (Lipinski definition) is 1. The van der Waals surface area contributed by atoms with E-state index < -0.39 is 0 Å². The Morgan fingerprint density at radius 2 is 1.89 bits per heavy atom. The Labute approximate surface area is 110 Å². The zero-order valence-corrected chi connectivity index (χ0v) is 11.4. The minimum atomic E-state index is 0.130. The van der Waals surface area contributed by atoms with E-state index in [4.69, 9.17) is 10.5 Å². The Morgan fingerprint density at radius 3 is 2.56 bits per heavy atom. The lowest BCUT2D eigenvalue weighted by molar-refractivity contribution is 0.127. The first-order valence-electron chi connectivity index (χ1n) is 6.82. The van der Waals surface area contributed by atoms with Crippen LogP contribution in [-0.4, -0.2) is 37.2 Å². The maximum Gasteiger partial charge on any atom is 0.0593 e. The molecule has 18 heavy (non-hydrogen) atoms. The third kappa shape index (κ3) is 3.31. The Hall–Kier alpha value is -0.900. The molecule has 2 N–H and O–H groups in total. The molecule has 0 bridgehead atoms. The van der Waals surface area contributed by atoms with Crippen LogP contribution in [0.2, 0.25) is 0 Å². The summed E-state index contributed by atoms with van der Waals surface area (Å²) >= 11 is 0. The van der Waals surface area contributed by atoms with E-state index in [-0.39, 0.29) is 6.04 Å². The summed E-state index contributed by atoms with van der Waals surface area (Å²) < 4.78 is 5.53. The molecule has 2 unspecified atom stereocenters. The van der Waals surface area contributed by atoms with Gasteiger partial charge in [0.1, 0.15) is 0 Å². The molecule has 0 amide bonds. The summed E-state index contributed by atoms with van der Waals surface area (Å²) in [7, 11) is 0. The Kier molecular flexibility index (Phi) is 4.75. The summed E-state index contributed by atoms with van der Waals surface area (Å²) in [6.07, 6.45) is 1.09. The van der Waals surface area contributed by atoms with Crippen molar-refractivity contribution in [3.05, 3.63) is 35.4 Å². The molecule has 1 heterocycles. The maximum absolute atomic E-state index is 6.21. The van der Waals surface area contributed by atoms with Gasteiger partial charge in [0.25, 0.3) is 0 Å². The zero-order valence-electron chi connectivity index (χ0n) is 11.4. The molecule has 100 valence electrons. The number of rotatable bonds is 3. The van der Waals surface area contributed by atoms with Gasteiger partial charge in [0.05, 0.1) is 6.61 Å². The summed E-state index contributed by atoms with van der Waals surface area (Å²) in [4.78, 5) is 2.46. The first-order valence-corrected chi connectivity index (χ1v) is 6.82. The summed E-state index contributed by atoms with van der Waals surface area (Å²) in [6.45, 7) is 7.94. The highest BCUT2D eigenvalue weighted by Gasteiger charge is 2.24. The molecule has 0 spiro atoms. The van der Waals surface area contributed by atoms with Gasteiger partial charge in [-0.2, -0.15) is 0 Å². The van der Waals surface area contributed by atoms with Gasteiger partial charge >= 0.3 is 0 Å². The fourth-order valence-corrected chi connectivity index (χ4v) is 2.65. The van der Waals surface area contributed by atoms with Crippen LogP contribution in [0.1, 0.15) is 30.5 Å². The van der Waals surface area contributed by atoms with Crippen LogP contribution in [0, 0.1) is 6.92 Å². The average molecular weight is 248 g/mol. The highest BCUT2D eigenvalue weighted by Crippen LogP contribution is 2.24. The number of ether oxygens (including phenoxy) is 1. The van der Waals surface area contributed by atoms with E-state index in [1.165, 1.54) is 11.1 Å². The third-order valence-corrected chi connectivity index (χ3v) is 3.57. The molecule has 1 aliphatic heterocycles. The van der Waals surface area contributed by atoms with Crippen LogP contribution >= 0.6 is 0 Å². The van der Waals surface area contributed by atoms with Crippen LogP contribution in [0.25, 0.3) is 0 Å². The van der Waals surface area contributed by atoms with Gasteiger partial charge in [0.15, 0.2) is 0 Å². The number of hydrogen-bond acceptors (Lipinski definition) is 3. The van der Waals surface area contributed by atoms with Crippen molar-refractivity contribution < 1.29 is 4.74 Å². The molecule has 0 saturated carbocycles. The number of aryl methyl sites for hydroxylation is 1. The van der Waals surface area contributed by atoms with Crippen molar-refractivity contribution in [2.24, 2.45) is 5.73 Å². The van der Waals surface area contributed by atoms with Crippen molar-refractivity contribution in [1.82, 2.24) is 4.90 Å². The topological polar surface area (TPSA) is 38.5 Å². The molecule has 1 aliphatic rings. The van der Waals surface area contributed by atoms with E-state index in [1.807, 2.05) is 0 Å². The van der Waals surface area contributed by atoms with Gasteiger partial charge in [-0.05, 0) is 25.8 Å². The van der Waals surface area contributed by atoms with Gasteiger partial charge in [-0.3, -0.25) is 4.90 Å². The van der Waals surface area contributed by atoms with E-state index in [9.17, 15) is 0 Å². The van der Waals surface area contributed by atoms with E-state index in [0.717, 1.165) is 32.7 Å². The molecule has 3 heteroatoms. The fourth-order valence-electron chi connectivity index (χ4n) is 2.65. The van der Waals surface area contributed by atoms with Gasteiger partial charge < -0.3 is 10.5 Å². The van der Waals surface area contributed by atoms with Crippen LogP contribution in [0.5, 0.6) is 0 Å². The maximum atomic E-state index is 6.21. The minimum Gasteiger partial charge on any atom is -0.380 e. The highest BCUT2D eigenvalue weighted by molar-refractivity contribution is 5.25. The molecule has 2 rings (SSSR count). The second-order valence-corrected chi connectivity index (χ2v) is 5.22. The highest BCUT2D eigenvalue weighted by atomic mass is 16.5. The summed E-state index contributed by atoms with van der Waals surface area (Å²) in [6, 6.07) is 9.17. The zero-order chi connectivity index (χ0) is 13.0. The second kappa shape index (κ2) is 6.32. The molecule has 0 aromatic heterocycles. The van der Waals surface area contributed by atoms with E-state index in [0.29, 0.717) is 6.04 Å². The minimum absolute atomic E-state index is 0.130. The molecule has 1 saturated heterocycles. The predicted octanol–water partition coefficient (Wildman–Crippen LogP) is 2.11. The van der Waals surface area contributed by atoms with Crippen molar-refractivity contribution in [3.8, 4) is 0 Å². The molecule has 1 fully saturated rings. The lowest BCUT2D eigenvalue weighted by atomic mass is 9.98. The van der Waals surface area contributed by atoms with Crippen LogP contribution in [-0.2, 0) is 4.74 Å². The second-order valence-electron chi connectivity index (χ2n) is 5.22. The van der Waals surface area contributed by atoms with Gasteiger partial charge in [0, 0.05) is 31.8 Å². The standard InChI is InChI=1S/C15H24N2O/c1-12-4-6-14(7-5-12)15(13(2)16)17-8-3-10-18-11-9-17/h4-7,13,15H,3,8-11,16H2,1-2H3.